The molecule has 1 unspecified atom stereocenters. The lowest BCUT2D eigenvalue weighted by molar-refractivity contribution is -0.384. The van der Waals surface area contributed by atoms with Crippen LogP contribution < -0.4 is 0 Å². The Morgan fingerprint density at radius 1 is 1.35 bits per heavy atom. The molecule has 1 fully saturated rings. The van der Waals surface area contributed by atoms with Crippen LogP contribution in [0.3, 0.4) is 0 Å². The van der Waals surface area contributed by atoms with Crippen LogP contribution in [0.25, 0.3) is 0 Å². The Morgan fingerprint density at radius 2 is 2.13 bits per heavy atom. The van der Waals surface area contributed by atoms with E-state index in [0.29, 0.717) is 18.5 Å². The number of piperidine rings is 1. The SMILES string of the molecule is O=C(O)CCC1CCCCN1C(=O)Cc1cccc([N+](=O)[O-])c1. The summed E-state index contributed by atoms with van der Waals surface area (Å²) in [7, 11) is 0. The van der Waals surface area contributed by atoms with E-state index >= 15 is 0 Å². The fraction of sp³-hybridized carbons (Fsp3) is 0.500. The van der Waals surface area contributed by atoms with Gasteiger partial charge in [-0.15, -0.1) is 0 Å². The molecule has 7 heteroatoms. The molecule has 23 heavy (non-hydrogen) atoms. The largest absolute Gasteiger partial charge is 0.481 e. The summed E-state index contributed by atoms with van der Waals surface area (Å²) >= 11 is 0. The van der Waals surface area contributed by atoms with Crippen LogP contribution in [0, 0.1) is 10.1 Å². The number of amides is 1. The van der Waals surface area contributed by atoms with Gasteiger partial charge in [0.05, 0.1) is 11.3 Å². The first-order chi connectivity index (χ1) is 11.0. The summed E-state index contributed by atoms with van der Waals surface area (Å²) in [6.07, 6.45) is 3.32. The third-order valence-corrected chi connectivity index (χ3v) is 4.12. The summed E-state index contributed by atoms with van der Waals surface area (Å²) in [6, 6.07) is 6.02. The summed E-state index contributed by atoms with van der Waals surface area (Å²) in [5, 5.41) is 19.6. The van der Waals surface area contributed by atoms with Crippen molar-refractivity contribution in [2.45, 2.75) is 44.6 Å². The van der Waals surface area contributed by atoms with Crippen molar-refractivity contribution in [2.24, 2.45) is 0 Å². The number of nitro benzene ring substituents is 1. The molecule has 0 radical (unpaired) electrons. The van der Waals surface area contributed by atoms with Gasteiger partial charge in [-0.2, -0.15) is 0 Å². The molecule has 124 valence electrons. The number of hydrogen-bond acceptors (Lipinski definition) is 4. The molecule has 7 nitrogen and oxygen atoms in total. The van der Waals surface area contributed by atoms with Crippen LogP contribution in [-0.2, 0) is 16.0 Å². The Hall–Kier alpha value is -2.44. The van der Waals surface area contributed by atoms with Crippen molar-refractivity contribution in [3.63, 3.8) is 0 Å². The van der Waals surface area contributed by atoms with E-state index in [4.69, 9.17) is 5.11 Å². The molecule has 0 aromatic heterocycles. The summed E-state index contributed by atoms with van der Waals surface area (Å²) in [5.41, 5.74) is 0.572. The van der Waals surface area contributed by atoms with E-state index in [-0.39, 0.29) is 30.5 Å². The van der Waals surface area contributed by atoms with Crippen LogP contribution in [0.4, 0.5) is 5.69 Å². The zero-order valence-corrected chi connectivity index (χ0v) is 12.8. The number of aliphatic carboxylic acids is 1. The minimum atomic E-state index is -0.860. The fourth-order valence-electron chi connectivity index (χ4n) is 2.98. The number of carbonyl (C=O) groups excluding carboxylic acids is 1. The Bertz CT molecular complexity index is 602. The molecular weight excluding hydrogens is 300 g/mol. The van der Waals surface area contributed by atoms with Gasteiger partial charge in [0.25, 0.3) is 5.69 Å². The fourth-order valence-corrected chi connectivity index (χ4v) is 2.98. The molecular formula is C16H20N2O5. The Morgan fingerprint density at radius 3 is 2.83 bits per heavy atom. The maximum atomic E-state index is 12.5. The Kier molecular flexibility index (Phi) is 5.67. The molecule has 1 atom stereocenters. The van der Waals surface area contributed by atoms with Gasteiger partial charge in [0.15, 0.2) is 0 Å². The number of nitro groups is 1. The first-order valence-electron chi connectivity index (χ1n) is 7.72. The van der Waals surface area contributed by atoms with Crippen molar-refractivity contribution >= 4 is 17.6 Å². The van der Waals surface area contributed by atoms with Crippen molar-refractivity contribution in [1.82, 2.24) is 4.90 Å². The first kappa shape index (κ1) is 16.9. The lowest BCUT2D eigenvalue weighted by Gasteiger charge is -2.35. The maximum Gasteiger partial charge on any atom is 0.303 e. The van der Waals surface area contributed by atoms with E-state index in [9.17, 15) is 19.7 Å². The zero-order chi connectivity index (χ0) is 16.8. The highest BCUT2D eigenvalue weighted by Crippen LogP contribution is 2.22. The summed E-state index contributed by atoms with van der Waals surface area (Å²) < 4.78 is 0. The predicted molar refractivity (Wildman–Crippen MR) is 83.0 cm³/mol. The van der Waals surface area contributed by atoms with E-state index in [1.165, 1.54) is 12.1 Å². The number of benzene rings is 1. The van der Waals surface area contributed by atoms with E-state index in [1.54, 1.807) is 17.0 Å². The van der Waals surface area contributed by atoms with E-state index in [2.05, 4.69) is 0 Å². The van der Waals surface area contributed by atoms with Crippen LogP contribution >= 0.6 is 0 Å². The van der Waals surface area contributed by atoms with Crippen LogP contribution in [-0.4, -0.2) is 39.4 Å². The highest BCUT2D eigenvalue weighted by atomic mass is 16.6. The van der Waals surface area contributed by atoms with Gasteiger partial charge in [-0.25, -0.2) is 0 Å². The third-order valence-electron chi connectivity index (χ3n) is 4.12. The minimum absolute atomic E-state index is 0.0311. The first-order valence-corrected chi connectivity index (χ1v) is 7.72. The topological polar surface area (TPSA) is 101 Å². The van der Waals surface area contributed by atoms with Crippen LogP contribution in [0.1, 0.15) is 37.7 Å². The summed E-state index contributed by atoms with van der Waals surface area (Å²) in [4.78, 5) is 35.3. The number of rotatable bonds is 6. The van der Waals surface area contributed by atoms with Gasteiger partial charge < -0.3 is 10.0 Å². The standard InChI is InChI=1S/C16H20N2O5/c19-15(11-12-4-3-6-14(10-12)18(22)23)17-9-2-1-5-13(17)7-8-16(20)21/h3-4,6,10,13H,1-2,5,7-9,11H2,(H,20,21). The van der Waals surface area contributed by atoms with Crippen LogP contribution in [0.15, 0.2) is 24.3 Å². The second-order valence-electron chi connectivity index (χ2n) is 5.77. The predicted octanol–water partition coefficient (Wildman–Crippen LogP) is 2.38. The number of carboxylic acid groups (broad SMARTS) is 1. The summed E-state index contributed by atoms with van der Waals surface area (Å²) in [6.45, 7) is 0.623. The van der Waals surface area contributed by atoms with Gasteiger partial charge in [0, 0.05) is 31.1 Å². The molecule has 0 bridgehead atoms. The number of carbonyl (C=O) groups is 2. The van der Waals surface area contributed by atoms with Crippen molar-refractivity contribution in [3.8, 4) is 0 Å². The molecule has 1 N–H and O–H groups in total. The third kappa shape index (κ3) is 4.77. The van der Waals surface area contributed by atoms with Gasteiger partial charge in [0.2, 0.25) is 5.91 Å². The number of non-ortho nitro benzene ring substituents is 1. The molecule has 0 aliphatic carbocycles. The quantitative estimate of drug-likeness (QED) is 0.640. The number of nitrogens with zero attached hydrogens (tertiary/aromatic N) is 2. The molecule has 1 amide bonds. The number of carboxylic acids is 1. The van der Waals surface area contributed by atoms with Gasteiger partial charge in [0.1, 0.15) is 0 Å². The van der Waals surface area contributed by atoms with Crippen molar-refractivity contribution in [2.75, 3.05) is 6.54 Å². The van der Waals surface area contributed by atoms with Crippen molar-refractivity contribution < 1.29 is 19.6 Å². The minimum Gasteiger partial charge on any atom is -0.481 e. The average molecular weight is 320 g/mol. The molecule has 1 heterocycles. The number of likely N-dealkylation sites (tertiary alicyclic amines) is 1. The normalized spacial score (nSPS) is 17.7. The Balaban J connectivity index is 2.03. The smallest absolute Gasteiger partial charge is 0.303 e. The second kappa shape index (κ2) is 7.71. The lowest BCUT2D eigenvalue weighted by atomic mass is 9.97. The van der Waals surface area contributed by atoms with Crippen LogP contribution in [0.5, 0.6) is 0 Å². The average Bonchev–Trinajstić information content (AvgIpc) is 2.53. The number of hydrogen-bond donors (Lipinski definition) is 1. The molecule has 1 aromatic rings. The van der Waals surface area contributed by atoms with Gasteiger partial charge in [-0.05, 0) is 31.2 Å². The van der Waals surface area contributed by atoms with Gasteiger partial charge in [-0.1, -0.05) is 12.1 Å². The monoisotopic (exact) mass is 320 g/mol. The van der Waals surface area contributed by atoms with Crippen molar-refractivity contribution in [3.05, 3.63) is 39.9 Å². The lowest BCUT2D eigenvalue weighted by Crippen LogP contribution is -2.44. The van der Waals surface area contributed by atoms with Crippen LogP contribution in [0.2, 0.25) is 0 Å². The van der Waals surface area contributed by atoms with Gasteiger partial charge >= 0.3 is 5.97 Å². The molecule has 1 aliphatic heterocycles. The second-order valence-corrected chi connectivity index (χ2v) is 5.77. The van der Waals surface area contributed by atoms with E-state index in [0.717, 1.165) is 19.3 Å². The maximum absolute atomic E-state index is 12.5. The molecule has 0 spiro atoms. The summed E-state index contributed by atoms with van der Waals surface area (Å²) in [5.74, 6) is -0.956. The van der Waals surface area contributed by atoms with Gasteiger partial charge in [-0.3, -0.25) is 19.7 Å². The highest BCUT2D eigenvalue weighted by Gasteiger charge is 2.27. The molecule has 1 aromatic carbocycles. The molecule has 2 rings (SSSR count). The molecule has 0 saturated carbocycles. The zero-order valence-electron chi connectivity index (χ0n) is 12.8. The van der Waals surface area contributed by atoms with E-state index < -0.39 is 10.9 Å². The molecule has 1 saturated heterocycles. The molecule has 1 aliphatic rings. The highest BCUT2D eigenvalue weighted by molar-refractivity contribution is 5.79. The van der Waals surface area contributed by atoms with E-state index in [1.807, 2.05) is 0 Å². The Labute approximate surface area is 134 Å². The van der Waals surface area contributed by atoms with Crippen molar-refractivity contribution in [1.29, 1.82) is 0 Å².